The molecule has 0 aromatic carbocycles. The summed E-state index contributed by atoms with van der Waals surface area (Å²) in [7, 11) is 0. The number of thiophene rings is 1. The zero-order valence-electron chi connectivity index (χ0n) is 9.41. The van der Waals surface area contributed by atoms with E-state index in [1.54, 1.807) is 11.3 Å². The van der Waals surface area contributed by atoms with E-state index in [0.717, 1.165) is 6.04 Å². The molecular weight excluding hydrogens is 204 g/mol. The summed E-state index contributed by atoms with van der Waals surface area (Å²) in [4.78, 5) is 2.63. The fraction of sp³-hybridized carbons (Fsp3) is 0.667. The fourth-order valence-electron chi connectivity index (χ4n) is 2.00. The van der Waals surface area contributed by atoms with Gasteiger partial charge >= 0.3 is 0 Å². The van der Waals surface area contributed by atoms with E-state index in [-0.39, 0.29) is 0 Å². The summed E-state index contributed by atoms with van der Waals surface area (Å²) in [5.41, 5.74) is 1.49. The molecule has 0 aliphatic carbocycles. The van der Waals surface area contributed by atoms with Gasteiger partial charge in [-0.15, -0.1) is 0 Å². The van der Waals surface area contributed by atoms with Crippen LogP contribution in [0.15, 0.2) is 16.8 Å². The van der Waals surface area contributed by atoms with Gasteiger partial charge in [0.25, 0.3) is 0 Å². The second-order valence-corrected chi connectivity index (χ2v) is 5.01. The van der Waals surface area contributed by atoms with Gasteiger partial charge in [-0.05, 0) is 41.8 Å². The lowest BCUT2D eigenvalue weighted by atomic mass is 10.1. The molecular formula is C12H20N2S. The summed E-state index contributed by atoms with van der Waals surface area (Å²) in [6, 6.07) is 3.04. The third kappa shape index (κ3) is 3.03. The molecule has 0 atom stereocenters. The normalized spacial score (nSPS) is 16.9. The van der Waals surface area contributed by atoms with Gasteiger partial charge < -0.3 is 5.32 Å². The maximum absolute atomic E-state index is 3.35. The summed E-state index contributed by atoms with van der Waals surface area (Å²) in [6.45, 7) is 7.10. The smallest absolute Gasteiger partial charge is 0.0345 e. The standard InChI is InChI=1S/C12H20N2S/c1-2-5-14(12-8-13-9-12)6-3-11-4-7-15-10-11/h4,7,10,12-13H,2-3,5-6,8-9H2,1H3. The van der Waals surface area contributed by atoms with E-state index in [0.29, 0.717) is 0 Å². The molecule has 0 bridgehead atoms. The molecule has 0 unspecified atom stereocenters. The van der Waals surface area contributed by atoms with Crippen LogP contribution in [-0.2, 0) is 6.42 Å². The molecule has 1 aliphatic rings. The summed E-state index contributed by atoms with van der Waals surface area (Å²) in [6.07, 6.45) is 2.47. The number of rotatable bonds is 6. The highest BCUT2D eigenvalue weighted by Gasteiger charge is 2.23. The van der Waals surface area contributed by atoms with Gasteiger partial charge in [-0.2, -0.15) is 11.3 Å². The summed E-state index contributed by atoms with van der Waals surface area (Å²) < 4.78 is 0. The van der Waals surface area contributed by atoms with Crippen LogP contribution in [0.4, 0.5) is 0 Å². The second kappa shape index (κ2) is 5.64. The molecule has 1 fully saturated rings. The van der Waals surface area contributed by atoms with Crippen LogP contribution in [0.5, 0.6) is 0 Å². The van der Waals surface area contributed by atoms with Crippen LogP contribution in [0.2, 0.25) is 0 Å². The van der Waals surface area contributed by atoms with Crippen molar-refractivity contribution in [1.29, 1.82) is 0 Å². The maximum atomic E-state index is 3.35. The molecule has 0 spiro atoms. The summed E-state index contributed by atoms with van der Waals surface area (Å²) in [5, 5.41) is 7.79. The van der Waals surface area contributed by atoms with Gasteiger partial charge in [0.15, 0.2) is 0 Å². The molecule has 0 radical (unpaired) electrons. The van der Waals surface area contributed by atoms with Crippen molar-refractivity contribution in [3.63, 3.8) is 0 Å². The predicted octanol–water partition coefficient (Wildman–Crippen LogP) is 1.97. The molecule has 1 aliphatic heterocycles. The van der Waals surface area contributed by atoms with Crippen LogP contribution in [0.25, 0.3) is 0 Å². The van der Waals surface area contributed by atoms with E-state index in [4.69, 9.17) is 0 Å². The Morgan fingerprint density at radius 2 is 2.33 bits per heavy atom. The van der Waals surface area contributed by atoms with Crippen molar-refractivity contribution >= 4 is 11.3 Å². The topological polar surface area (TPSA) is 15.3 Å². The van der Waals surface area contributed by atoms with E-state index in [1.165, 1.54) is 44.6 Å². The second-order valence-electron chi connectivity index (χ2n) is 4.23. The highest BCUT2D eigenvalue weighted by molar-refractivity contribution is 7.07. The summed E-state index contributed by atoms with van der Waals surface area (Å²) in [5.74, 6) is 0. The van der Waals surface area contributed by atoms with Crippen molar-refractivity contribution in [1.82, 2.24) is 10.2 Å². The highest BCUT2D eigenvalue weighted by Crippen LogP contribution is 2.11. The Balaban J connectivity index is 1.78. The molecule has 84 valence electrons. The molecule has 1 saturated heterocycles. The van der Waals surface area contributed by atoms with E-state index in [1.807, 2.05) is 0 Å². The third-order valence-corrected chi connectivity index (χ3v) is 3.79. The molecule has 2 heterocycles. The Morgan fingerprint density at radius 3 is 2.87 bits per heavy atom. The zero-order valence-corrected chi connectivity index (χ0v) is 10.2. The molecule has 2 nitrogen and oxygen atoms in total. The van der Waals surface area contributed by atoms with Crippen LogP contribution >= 0.6 is 11.3 Å². The first-order valence-corrected chi connectivity index (χ1v) is 6.80. The zero-order chi connectivity index (χ0) is 10.5. The van der Waals surface area contributed by atoms with E-state index >= 15 is 0 Å². The lowest BCUT2D eigenvalue weighted by Gasteiger charge is -2.38. The Bertz CT molecular complexity index is 267. The highest BCUT2D eigenvalue weighted by atomic mass is 32.1. The Morgan fingerprint density at radius 1 is 1.47 bits per heavy atom. The van der Waals surface area contributed by atoms with Gasteiger partial charge in [-0.3, -0.25) is 4.90 Å². The van der Waals surface area contributed by atoms with Gasteiger partial charge in [-0.25, -0.2) is 0 Å². The minimum atomic E-state index is 0.795. The molecule has 3 heteroatoms. The van der Waals surface area contributed by atoms with Gasteiger partial charge in [0.05, 0.1) is 0 Å². The molecule has 0 saturated carbocycles. The lowest BCUT2D eigenvalue weighted by Crippen LogP contribution is -2.57. The Hall–Kier alpha value is -0.380. The predicted molar refractivity (Wildman–Crippen MR) is 66.5 cm³/mol. The average molecular weight is 224 g/mol. The van der Waals surface area contributed by atoms with Crippen LogP contribution in [-0.4, -0.2) is 37.1 Å². The SMILES string of the molecule is CCCN(CCc1ccsc1)C1CNC1. The largest absolute Gasteiger partial charge is 0.314 e. The maximum Gasteiger partial charge on any atom is 0.0345 e. The average Bonchev–Trinajstić information content (AvgIpc) is 2.64. The van der Waals surface area contributed by atoms with Crippen molar-refractivity contribution in [3.05, 3.63) is 22.4 Å². The fourth-order valence-corrected chi connectivity index (χ4v) is 2.71. The Kier molecular flexibility index (Phi) is 4.18. The Labute approximate surface area is 96.3 Å². The van der Waals surface area contributed by atoms with Gasteiger partial charge in [0, 0.05) is 25.7 Å². The molecule has 1 aromatic rings. The van der Waals surface area contributed by atoms with Crippen LogP contribution < -0.4 is 5.32 Å². The molecule has 0 amide bonds. The first kappa shape index (κ1) is 11.1. The summed E-state index contributed by atoms with van der Waals surface area (Å²) >= 11 is 1.80. The number of nitrogens with zero attached hydrogens (tertiary/aromatic N) is 1. The van der Waals surface area contributed by atoms with Crippen molar-refractivity contribution in [3.8, 4) is 0 Å². The molecule has 1 N–H and O–H groups in total. The first-order chi connectivity index (χ1) is 7.40. The van der Waals surface area contributed by atoms with Gasteiger partial charge in [0.1, 0.15) is 0 Å². The third-order valence-electron chi connectivity index (χ3n) is 3.05. The minimum Gasteiger partial charge on any atom is -0.314 e. The minimum absolute atomic E-state index is 0.795. The monoisotopic (exact) mass is 224 g/mol. The molecule has 2 rings (SSSR count). The van der Waals surface area contributed by atoms with E-state index < -0.39 is 0 Å². The van der Waals surface area contributed by atoms with E-state index in [2.05, 4.69) is 34.0 Å². The van der Waals surface area contributed by atoms with Crippen molar-refractivity contribution in [2.24, 2.45) is 0 Å². The van der Waals surface area contributed by atoms with E-state index in [9.17, 15) is 0 Å². The lowest BCUT2D eigenvalue weighted by molar-refractivity contribution is 0.147. The van der Waals surface area contributed by atoms with Crippen LogP contribution in [0.1, 0.15) is 18.9 Å². The van der Waals surface area contributed by atoms with Crippen LogP contribution in [0, 0.1) is 0 Å². The number of nitrogens with one attached hydrogen (secondary N) is 1. The van der Waals surface area contributed by atoms with Crippen LogP contribution in [0.3, 0.4) is 0 Å². The van der Waals surface area contributed by atoms with Gasteiger partial charge in [-0.1, -0.05) is 6.92 Å². The first-order valence-electron chi connectivity index (χ1n) is 5.86. The number of hydrogen-bond acceptors (Lipinski definition) is 3. The number of hydrogen-bond donors (Lipinski definition) is 1. The quantitative estimate of drug-likeness (QED) is 0.795. The van der Waals surface area contributed by atoms with Crippen molar-refractivity contribution in [2.75, 3.05) is 26.2 Å². The molecule has 15 heavy (non-hydrogen) atoms. The van der Waals surface area contributed by atoms with Crippen molar-refractivity contribution in [2.45, 2.75) is 25.8 Å². The molecule has 1 aromatic heterocycles. The van der Waals surface area contributed by atoms with Gasteiger partial charge in [0.2, 0.25) is 0 Å². The van der Waals surface area contributed by atoms with Crippen molar-refractivity contribution < 1.29 is 0 Å².